The maximum Gasteiger partial charge on any atom is 0.338 e. The van der Waals surface area contributed by atoms with Crippen molar-refractivity contribution in [3.63, 3.8) is 0 Å². The lowest BCUT2D eigenvalue weighted by atomic mass is 9.99. The van der Waals surface area contributed by atoms with E-state index < -0.39 is 23.2 Å². The number of amides is 1. The number of carbonyl (C=O) groups excluding carboxylic acids is 1. The van der Waals surface area contributed by atoms with Crippen molar-refractivity contribution in [2.24, 2.45) is 5.92 Å². The Morgan fingerprint density at radius 3 is 2.24 bits per heavy atom. The standard InChI is InChI=1S/C15H17F2NO3/c16-11-8-12(17)13(7-10(11)15(20)21)18-14(19)9-5-3-1-2-4-6-9/h7-9H,1-6H2,(H,18,19)(H,20,21). The molecule has 0 aromatic heterocycles. The molecule has 1 fully saturated rings. The summed E-state index contributed by atoms with van der Waals surface area (Å²) in [5.41, 5.74) is -0.949. The van der Waals surface area contributed by atoms with Gasteiger partial charge in [-0.2, -0.15) is 0 Å². The van der Waals surface area contributed by atoms with Gasteiger partial charge in [-0.05, 0) is 18.9 Å². The Morgan fingerprint density at radius 2 is 1.67 bits per heavy atom. The minimum atomic E-state index is -1.50. The average molecular weight is 297 g/mol. The summed E-state index contributed by atoms with van der Waals surface area (Å²) in [6, 6.07) is 1.30. The molecule has 6 heteroatoms. The lowest BCUT2D eigenvalue weighted by molar-refractivity contribution is -0.120. The van der Waals surface area contributed by atoms with Crippen LogP contribution in [0.15, 0.2) is 12.1 Å². The van der Waals surface area contributed by atoms with E-state index in [0.717, 1.165) is 44.6 Å². The Balaban J connectivity index is 2.16. The van der Waals surface area contributed by atoms with E-state index in [-0.39, 0.29) is 17.5 Å². The molecule has 2 N–H and O–H groups in total. The van der Waals surface area contributed by atoms with Gasteiger partial charge in [0.1, 0.15) is 11.6 Å². The number of carboxylic acids is 1. The maximum absolute atomic E-state index is 13.7. The number of carboxylic acid groups (broad SMARTS) is 1. The third-order valence-corrected chi connectivity index (χ3v) is 3.77. The van der Waals surface area contributed by atoms with Crippen LogP contribution in [-0.4, -0.2) is 17.0 Å². The highest BCUT2D eigenvalue weighted by Gasteiger charge is 2.22. The van der Waals surface area contributed by atoms with E-state index in [1.807, 2.05) is 0 Å². The number of benzene rings is 1. The van der Waals surface area contributed by atoms with E-state index in [1.165, 1.54) is 0 Å². The molecular formula is C15H17F2NO3. The van der Waals surface area contributed by atoms with Crippen molar-refractivity contribution in [3.8, 4) is 0 Å². The van der Waals surface area contributed by atoms with Gasteiger partial charge in [-0.15, -0.1) is 0 Å². The molecule has 2 rings (SSSR count). The van der Waals surface area contributed by atoms with E-state index in [0.29, 0.717) is 6.07 Å². The summed E-state index contributed by atoms with van der Waals surface area (Å²) in [5, 5.41) is 11.2. The van der Waals surface area contributed by atoms with Gasteiger partial charge < -0.3 is 10.4 Å². The molecule has 0 heterocycles. The Morgan fingerprint density at radius 1 is 1.05 bits per heavy atom. The van der Waals surface area contributed by atoms with Crippen molar-refractivity contribution in [3.05, 3.63) is 29.3 Å². The summed E-state index contributed by atoms with van der Waals surface area (Å²) >= 11 is 0. The van der Waals surface area contributed by atoms with Crippen molar-refractivity contribution < 1.29 is 23.5 Å². The SMILES string of the molecule is O=C(O)c1cc(NC(=O)C2CCCCCC2)c(F)cc1F. The second-order valence-electron chi connectivity index (χ2n) is 5.29. The molecule has 0 bridgehead atoms. The first-order valence-corrected chi connectivity index (χ1v) is 7.02. The van der Waals surface area contributed by atoms with Crippen molar-refractivity contribution in [2.45, 2.75) is 38.5 Å². The van der Waals surface area contributed by atoms with Gasteiger partial charge in [0.15, 0.2) is 0 Å². The highest BCUT2D eigenvalue weighted by atomic mass is 19.1. The van der Waals surface area contributed by atoms with E-state index in [9.17, 15) is 18.4 Å². The largest absolute Gasteiger partial charge is 0.478 e. The first-order valence-electron chi connectivity index (χ1n) is 7.02. The first-order chi connectivity index (χ1) is 9.99. The molecule has 1 aliphatic carbocycles. The van der Waals surface area contributed by atoms with Gasteiger partial charge in [0.25, 0.3) is 0 Å². The Hall–Kier alpha value is -1.98. The fourth-order valence-electron chi connectivity index (χ4n) is 2.59. The molecule has 1 saturated carbocycles. The number of anilines is 1. The molecule has 1 aromatic carbocycles. The number of carbonyl (C=O) groups is 2. The van der Waals surface area contributed by atoms with Crippen LogP contribution in [0.25, 0.3) is 0 Å². The molecule has 21 heavy (non-hydrogen) atoms. The van der Waals surface area contributed by atoms with E-state index in [4.69, 9.17) is 5.11 Å². The van der Waals surface area contributed by atoms with Crippen LogP contribution in [0.5, 0.6) is 0 Å². The maximum atomic E-state index is 13.7. The fraction of sp³-hybridized carbons (Fsp3) is 0.467. The zero-order chi connectivity index (χ0) is 15.4. The number of aromatic carboxylic acids is 1. The number of hydrogen-bond donors (Lipinski definition) is 2. The smallest absolute Gasteiger partial charge is 0.338 e. The number of rotatable bonds is 3. The van der Waals surface area contributed by atoms with E-state index >= 15 is 0 Å². The van der Waals surface area contributed by atoms with Gasteiger partial charge in [0.05, 0.1) is 11.3 Å². The van der Waals surface area contributed by atoms with Gasteiger partial charge in [-0.1, -0.05) is 25.7 Å². The average Bonchev–Trinajstić information content (AvgIpc) is 2.70. The summed E-state index contributed by atoms with van der Waals surface area (Å²) in [7, 11) is 0. The topological polar surface area (TPSA) is 66.4 Å². The third kappa shape index (κ3) is 3.77. The summed E-state index contributed by atoms with van der Waals surface area (Å²) in [5.74, 6) is -4.17. The van der Waals surface area contributed by atoms with Gasteiger partial charge >= 0.3 is 5.97 Å². The zero-order valence-corrected chi connectivity index (χ0v) is 11.5. The van der Waals surface area contributed by atoms with Crippen molar-refractivity contribution in [1.29, 1.82) is 0 Å². The predicted octanol–water partition coefficient (Wildman–Crippen LogP) is 3.57. The summed E-state index contributed by atoms with van der Waals surface area (Å²) in [4.78, 5) is 23.0. The molecular weight excluding hydrogens is 280 g/mol. The molecule has 4 nitrogen and oxygen atoms in total. The van der Waals surface area contributed by atoms with Crippen LogP contribution in [0.1, 0.15) is 48.9 Å². The van der Waals surface area contributed by atoms with Crippen LogP contribution in [0.4, 0.5) is 14.5 Å². The fourth-order valence-corrected chi connectivity index (χ4v) is 2.59. The zero-order valence-electron chi connectivity index (χ0n) is 11.5. The molecule has 0 aliphatic heterocycles. The quantitative estimate of drug-likeness (QED) is 0.838. The van der Waals surface area contributed by atoms with Crippen LogP contribution < -0.4 is 5.32 Å². The van der Waals surface area contributed by atoms with Crippen LogP contribution in [0, 0.1) is 17.6 Å². The van der Waals surface area contributed by atoms with Crippen LogP contribution in [0.2, 0.25) is 0 Å². The molecule has 0 atom stereocenters. The Bertz CT molecular complexity index is 552. The first kappa shape index (κ1) is 15.4. The highest BCUT2D eigenvalue weighted by molar-refractivity contribution is 5.95. The van der Waals surface area contributed by atoms with E-state index in [1.54, 1.807) is 0 Å². The van der Waals surface area contributed by atoms with Crippen LogP contribution in [-0.2, 0) is 4.79 Å². The molecule has 0 unspecified atom stereocenters. The monoisotopic (exact) mass is 297 g/mol. The number of nitrogens with one attached hydrogen (secondary N) is 1. The van der Waals surface area contributed by atoms with E-state index in [2.05, 4.69) is 5.32 Å². The number of halogens is 2. The summed E-state index contributed by atoms with van der Waals surface area (Å²) < 4.78 is 26.9. The molecule has 0 saturated heterocycles. The minimum absolute atomic E-state index is 0.203. The van der Waals surface area contributed by atoms with Crippen molar-refractivity contribution in [1.82, 2.24) is 0 Å². The van der Waals surface area contributed by atoms with Gasteiger partial charge in [-0.25, -0.2) is 13.6 Å². The molecule has 114 valence electrons. The highest BCUT2D eigenvalue weighted by Crippen LogP contribution is 2.26. The van der Waals surface area contributed by atoms with Crippen LogP contribution in [0.3, 0.4) is 0 Å². The van der Waals surface area contributed by atoms with Crippen LogP contribution >= 0.6 is 0 Å². The Kier molecular flexibility index (Phi) is 4.88. The third-order valence-electron chi connectivity index (χ3n) is 3.77. The van der Waals surface area contributed by atoms with Crippen molar-refractivity contribution in [2.75, 3.05) is 5.32 Å². The summed E-state index contributed by atoms with van der Waals surface area (Å²) in [6.45, 7) is 0. The second kappa shape index (κ2) is 6.65. The predicted molar refractivity (Wildman–Crippen MR) is 73.1 cm³/mol. The molecule has 0 radical (unpaired) electrons. The molecule has 1 aromatic rings. The van der Waals surface area contributed by atoms with Gasteiger partial charge in [0, 0.05) is 12.0 Å². The molecule has 1 amide bonds. The van der Waals surface area contributed by atoms with Gasteiger partial charge in [0.2, 0.25) is 5.91 Å². The summed E-state index contributed by atoms with van der Waals surface area (Å²) in [6.07, 6.45) is 5.53. The minimum Gasteiger partial charge on any atom is -0.478 e. The molecule has 0 spiro atoms. The second-order valence-corrected chi connectivity index (χ2v) is 5.29. The normalized spacial score (nSPS) is 16.3. The van der Waals surface area contributed by atoms with Crippen molar-refractivity contribution >= 4 is 17.6 Å². The van der Waals surface area contributed by atoms with Gasteiger partial charge in [-0.3, -0.25) is 4.79 Å². The Labute approximate surface area is 121 Å². The number of hydrogen-bond acceptors (Lipinski definition) is 2. The lowest BCUT2D eigenvalue weighted by Gasteiger charge is -2.15. The lowest BCUT2D eigenvalue weighted by Crippen LogP contribution is -2.23. The molecule has 1 aliphatic rings.